The molecule has 0 aliphatic heterocycles. The Morgan fingerprint density at radius 1 is 1.30 bits per heavy atom. The molecule has 3 rings (SSSR count). The number of benzene rings is 1. The largest absolute Gasteiger partial charge is 0.478 e. The normalized spacial score (nSPS) is 11.1. The number of carboxylic acid groups (broad SMARTS) is 1. The van der Waals surface area contributed by atoms with Crippen LogP contribution in [0.4, 0.5) is 5.82 Å². The number of rotatable bonds is 1. The van der Waals surface area contributed by atoms with Crippen molar-refractivity contribution in [2.75, 3.05) is 5.73 Å². The zero-order chi connectivity index (χ0) is 14.4. The second-order valence-electron chi connectivity index (χ2n) is 4.50. The van der Waals surface area contributed by atoms with Gasteiger partial charge in [-0.25, -0.2) is 9.78 Å². The van der Waals surface area contributed by atoms with Crippen molar-refractivity contribution < 1.29 is 14.3 Å². The van der Waals surface area contributed by atoms with Crippen LogP contribution in [-0.4, -0.2) is 16.1 Å². The van der Waals surface area contributed by atoms with Gasteiger partial charge < -0.3 is 15.3 Å². The maximum Gasteiger partial charge on any atom is 0.339 e. The third kappa shape index (κ3) is 1.70. The van der Waals surface area contributed by atoms with Crippen LogP contribution >= 0.6 is 0 Å². The monoisotopic (exact) mass is 270 g/mol. The lowest BCUT2D eigenvalue weighted by atomic mass is 10.1. The number of fused-ring (bicyclic) bond motifs is 2. The molecule has 2 aromatic heterocycles. The summed E-state index contributed by atoms with van der Waals surface area (Å²) in [6.07, 6.45) is 0. The molecular weight excluding hydrogens is 260 g/mol. The fourth-order valence-electron chi connectivity index (χ4n) is 2.08. The number of carboxylic acids is 1. The molecule has 100 valence electrons. The van der Waals surface area contributed by atoms with Crippen molar-refractivity contribution in [1.82, 2.24) is 4.98 Å². The van der Waals surface area contributed by atoms with Crippen molar-refractivity contribution in [3.05, 3.63) is 45.6 Å². The van der Waals surface area contributed by atoms with E-state index in [1.165, 1.54) is 6.07 Å². The summed E-state index contributed by atoms with van der Waals surface area (Å²) in [6.45, 7) is 1.86. The van der Waals surface area contributed by atoms with Gasteiger partial charge in [0.1, 0.15) is 17.0 Å². The van der Waals surface area contributed by atoms with E-state index in [0.717, 1.165) is 5.56 Å². The minimum Gasteiger partial charge on any atom is -0.478 e. The summed E-state index contributed by atoms with van der Waals surface area (Å²) in [5.74, 6) is -1.42. The van der Waals surface area contributed by atoms with Gasteiger partial charge in [-0.05, 0) is 19.1 Å². The van der Waals surface area contributed by atoms with E-state index < -0.39 is 5.97 Å². The number of hydrogen-bond acceptors (Lipinski definition) is 5. The van der Waals surface area contributed by atoms with Gasteiger partial charge in [0.25, 0.3) is 0 Å². The highest BCUT2D eigenvalue weighted by Gasteiger charge is 2.15. The number of hydrogen-bond donors (Lipinski definition) is 2. The molecule has 0 amide bonds. The predicted octanol–water partition coefficient (Wildman–Crippen LogP) is 1.93. The number of nitrogen functional groups attached to an aromatic ring is 1. The van der Waals surface area contributed by atoms with Crippen molar-refractivity contribution in [2.24, 2.45) is 0 Å². The molecule has 0 atom stereocenters. The Morgan fingerprint density at radius 3 is 2.75 bits per heavy atom. The number of nitrogens with zero attached hydrogens (tertiary/aromatic N) is 1. The minimum atomic E-state index is -1.22. The zero-order valence-corrected chi connectivity index (χ0v) is 10.5. The Balaban J connectivity index is 2.50. The van der Waals surface area contributed by atoms with Gasteiger partial charge >= 0.3 is 5.97 Å². The summed E-state index contributed by atoms with van der Waals surface area (Å²) in [4.78, 5) is 27.2. The maximum atomic E-state index is 12.3. The molecule has 20 heavy (non-hydrogen) atoms. The molecule has 0 saturated carbocycles. The molecule has 3 N–H and O–H groups in total. The van der Waals surface area contributed by atoms with E-state index in [0.29, 0.717) is 11.0 Å². The highest BCUT2D eigenvalue weighted by atomic mass is 16.4. The van der Waals surface area contributed by atoms with Gasteiger partial charge in [-0.1, -0.05) is 11.6 Å². The Hall–Kier alpha value is -2.89. The summed E-state index contributed by atoms with van der Waals surface area (Å²) >= 11 is 0. The molecule has 0 aliphatic carbocycles. The molecule has 0 spiro atoms. The van der Waals surface area contributed by atoms with Gasteiger partial charge in [0.2, 0.25) is 5.43 Å². The third-order valence-corrected chi connectivity index (χ3v) is 3.06. The number of anilines is 1. The van der Waals surface area contributed by atoms with Crippen LogP contribution in [0.25, 0.3) is 22.1 Å². The average Bonchev–Trinajstić information content (AvgIpc) is 2.40. The SMILES string of the molecule is Cc1ccc2oc3cc(C(=O)O)c(N)nc3c(=O)c2c1. The topological polar surface area (TPSA) is 106 Å². The first-order chi connectivity index (χ1) is 9.47. The molecule has 2 heterocycles. The van der Waals surface area contributed by atoms with Crippen LogP contribution in [0.15, 0.2) is 33.5 Å². The van der Waals surface area contributed by atoms with Crippen molar-refractivity contribution in [3.8, 4) is 0 Å². The van der Waals surface area contributed by atoms with Crippen LogP contribution in [0.3, 0.4) is 0 Å². The number of aromatic carboxylic acids is 1. The van der Waals surface area contributed by atoms with Crippen LogP contribution in [0, 0.1) is 6.92 Å². The number of aryl methyl sites for hydroxylation is 1. The summed E-state index contributed by atoms with van der Waals surface area (Å²) in [7, 11) is 0. The van der Waals surface area contributed by atoms with E-state index in [2.05, 4.69) is 4.98 Å². The van der Waals surface area contributed by atoms with Crippen molar-refractivity contribution in [3.63, 3.8) is 0 Å². The lowest BCUT2D eigenvalue weighted by Gasteiger charge is -2.04. The summed E-state index contributed by atoms with van der Waals surface area (Å²) in [5, 5.41) is 9.40. The molecule has 3 aromatic rings. The van der Waals surface area contributed by atoms with Gasteiger partial charge in [-0.3, -0.25) is 4.79 Å². The van der Waals surface area contributed by atoms with Gasteiger partial charge in [0.05, 0.1) is 5.39 Å². The molecular formula is C14H10N2O4. The molecule has 1 aromatic carbocycles. The fraction of sp³-hybridized carbons (Fsp3) is 0.0714. The Morgan fingerprint density at radius 2 is 2.05 bits per heavy atom. The minimum absolute atomic E-state index is 0.0330. The molecule has 0 bridgehead atoms. The number of aromatic nitrogens is 1. The van der Waals surface area contributed by atoms with Gasteiger partial charge in [0, 0.05) is 6.07 Å². The van der Waals surface area contributed by atoms with Crippen LogP contribution < -0.4 is 11.2 Å². The Bertz CT molecular complexity index is 928. The average molecular weight is 270 g/mol. The number of pyridine rings is 1. The van der Waals surface area contributed by atoms with Crippen molar-refractivity contribution in [2.45, 2.75) is 6.92 Å². The first-order valence-electron chi connectivity index (χ1n) is 5.84. The van der Waals surface area contributed by atoms with E-state index >= 15 is 0 Å². The molecule has 0 fully saturated rings. The Kier molecular flexibility index (Phi) is 2.47. The van der Waals surface area contributed by atoms with E-state index in [4.69, 9.17) is 15.3 Å². The number of carbonyl (C=O) groups is 1. The third-order valence-electron chi connectivity index (χ3n) is 3.06. The standard InChI is InChI=1S/C14H10N2O4/c1-6-2-3-9-7(4-6)12(17)11-10(20-9)5-8(14(18)19)13(15)16-11/h2-5H,1H3,(H2,15,16)(H,18,19). The first-order valence-corrected chi connectivity index (χ1v) is 5.84. The first kappa shape index (κ1) is 12.2. The molecule has 0 unspecified atom stereocenters. The van der Waals surface area contributed by atoms with E-state index in [-0.39, 0.29) is 27.9 Å². The van der Waals surface area contributed by atoms with Crippen molar-refractivity contribution >= 4 is 33.9 Å². The Labute approximate surface area is 112 Å². The lowest BCUT2D eigenvalue weighted by molar-refractivity contribution is 0.0697. The summed E-state index contributed by atoms with van der Waals surface area (Å²) in [5.41, 5.74) is 6.49. The molecule has 0 radical (unpaired) electrons. The smallest absolute Gasteiger partial charge is 0.339 e. The summed E-state index contributed by atoms with van der Waals surface area (Å²) in [6, 6.07) is 6.40. The van der Waals surface area contributed by atoms with Gasteiger partial charge in [0.15, 0.2) is 11.1 Å². The van der Waals surface area contributed by atoms with Crippen LogP contribution in [0.1, 0.15) is 15.9 Å². The summed E-state index contributed by atoms with van der Waals surface area (Å²) < 4.78 is 5.55. The second kappa shape index (κ2) is 4.06. The number of nitrogens with two attached hydrogens (primary N) is 1. The highest BCUT2D eigenvalue weighted by Crippen LogP contribution is 2.21. The van der Waals surface area contributed by atoms with E-state index in [9.17, 15) is 9.59 Å². The van der Waals surface area contributed by atoms with Crippen LogP contribution in [0.5, 0.6) is 0 Å². The van der Waals surface area contributed by atoms with Crippen molar-refractivity contribution in [1.29, 1.82) is 0 Å². The second-order valence-corrected chi connectivity index (χ2v) is 4.50. The molecule has 0 saturated heterocycles. The molecule has 6 nitrogen and oxygen atoms in total. The zero-order valence-electron chi connectivity index (χ0n) is 10.5. The van der Waals surface area contributed by atoms with E-state index in [1.54, 1.807) is 18.2 Å². The van der Waals surface area contributed by atoms with E-state index in [1.807, 2.05) is 6.92 Å². The van der Waals surface area contributed by atoms with Gasteiger partial charge in [-0.15, -0.1) is 0 Å². The highest BCUT2D eigenvalue weighted by molar-refractivity contribution is 5.97. The molecule has 6 heteroatoms. The lowest BCUT2D eigenvalue weighted by Crippen LogP contribution is -2.10. The van der Waals surface area contributed by atoms with Crippen LogP contribution in [-0.2, 0) is 0 Å². The van der Waals surface area contributed by atoms with Crippen LogP contribution in [0.2, 0.25) is 0 Å². The molecule has 0 aliphatic rings. The predicted molar refractivity (Wildman–Crippen MR) is 73.9 cm³/mol. The fourth-order valence-corrected chi connectivity index (χ4v) is 2.08. The maximum absolute atomic E-state index is 12.3. The quantitative estimate of drug-likeness (QED) is 0.654. The van der Waals surface area contributed by atoms with Gasteiger partial charge in [-0.2, -0.15) is 0 Å².